The summed E-state index contributed by atoms with van der Waals surface area (Å²) in [6.45, 7) is 9.14. The highest BCUT2D eigenvalue weighted by Crippen LogP contribution is 2.24. The Bertz CT molecular complexity index is 178. The van der Waals surface area contributed by atoms with Crippen molar-refractivity contribution in [2.45, 2.75) is 47.0 Å². The van der Waals surface area contributed by atoms with Crippen molar-refractivity contribution < 1.29 is 4.74 Å². The summed E-state index contributed by atoms with van der Waals surface area (Å²) < 4.78 is 5.49. The number of ether oxygens (including phenoxy) is 1. The third-order valence-electron chi connectivity index (χ3n) is 2.04. The molecule has 1 heterocycles. The molecule has 13 heavy (non-hydrogen) atoms. The van der Waals surface area contributed by atoms with Gasteiger partial charge in [-0.2, -0.15) is 0 Å². The lowest BCUT2D eigenvalue weighted by Crippen LogP contribution is -1.83. The highest BCUT2D eigenvalue weighted by atomic mass is 16.5. The minimum Gasteiger partial charge on any atom is -0.497 e. The van der Waals surface area contributed by atoms with Crippen LogP contribution in [0.5, 0.6) is 0 Å². The summed E-state index contributed by atoms with van der Waals surface area (Å²) >= 11 is 0. The zero-order chi connectivity index (χ0) is 10.1. The number of hydrogen-bond acceptors (Lipinski definition) is 1. The second-order valence-corrected chi connectivity index (χ2v) is 2.75. The molecule has 0 amide bonds. The van der Waals surface area contributed by atoms with E-state index in [0.717, 1.165) is 25.9 Å². The van der Waals surface area contributed by atoms with Gasteiger partial charge in [0.05, 0.1) is 12.4 Å². The zero-order valence-corrected chi connectivity index (χ0v) is 9.39. The predicted molar refractivity (Wildman–Crippen MR) is 58.7 cm³/mol. The van der Waals surface area contributed by atoms with Crippen molar-refractivity contribution in [2.75, 3.05) is 6.61 Å². The highest BCUT2D eigenvalue weighted by molar-refractivity contribution is 5.15. The molecule has 0 radical (unpaired) electrons. The number of rotatable bonds is 3. The minimum atomic E-state index is 0.899. The Morgan fingerprint density at radius 3 is 2.62 bits per heavy atom. The van der Waals surface area contributed by atoms with Crippen molar-refractivity contribution in [3.8, 4) is 0 Å². The molecule has 0 N–H and O–H groups in total. The van der Waals surface area contributed by atoms with E-state index in [1.807, 2.05) is 20.8 Å². The predicted octanol–water partition coefficient (Wildman–Crippen LogP) is 4.06. The Hall–Kier alpha value is -0.720. The number of hydrogen-bond donors (Lipinski definition) is 0. The molecular weight excluding hydrogens is 160 g/mol. The molecule has 0 aliphatic carbocycles. The molecule has 0 fully saturated rings. The normalized spacial score (nSPS) is 15.7. The smallest absolute Gasteiger partial charge is 0.0990 e. The van der Waals surface area contributed by atoms with E-state index in [9.17, 15) is 0 Å². The Balaban J connectivity index is 0.000000671. The first-order chi connectivity index (χ1) is 6.38. The van der Waals surface area contributed by atoms with Crippen LogP contribution in [0.3, 0.4) is 0 Å². The molecule has 1 heteroatoms. The summed E-state index contributed by atoms with van der Waals surface area (Å²) in [4.78, 5) is 0. The van der Waals surface area contributed by atoms with Crippen molar-refractivity contribution in [2.24, 2.45) is 0 Å². The van der Waals surface area contributed by atoms with Gasteiger partial charge >= 0.3 is 0 Å². The standard InChI is InChI=1S/C10H16O.C2H6/c1-3-5-6-10-9(4-2)7-8-11-10;1-2/h3,5H,4,6-8H2,1-2H3;1-2H3/b5-3-;. The first-order valence-corrected chi connectivity index (χ1v) is 5.33. The molecule has 0 saturated heterocycles. The Morgan fingerprint density at radius 1 is 1.38 bits per heavy atom. The molecule has 76 valence electrons. The second-order valence-electron chi connectivity index (χ2n) is 2.75. The molecule has 0 atom stereocenters. The van der Waals surface area contributed by atoms with Gasteiger partial charge in [0, 0.05) is 12.8 Å². The van der Waals surface area contributed by atoms with E-state index in [-0.39, 0.29) is 0 Å². The van der Waals surface area contributed by atoms with Crippen LogP contribution in [0.25, 0.3) is 0 Å². The van der Waals surface area contributed by atoms with Gasteiger partial charge in [-0.25, -0.2) is 0 Å². The topological polar surface area (TPSA) is 9.23 Å². The van der Waals surface area contributed by atoms with Gasteiger partial charge in [0.15, 0.2) is 0 Å². The minimum absolute atomic E-state index is 0.899. The van der Waals surface area contributed by atoms with Crippen molar-refractivity contribution >= 4 is 0 Å². The summed E-state index contributed by atoms with van der Waals surface area (Å²) in [6, 6.07) is 0. The average Bonchev–Trinajstić information content (AvgIpc) is 2.65. The lowest BCUT2D eigenvalue weighted by atomic mass is 10.1. The molecule has 1 rings (SSSR count). The lowest BCUT2D eigenvalue weighted by molar-refractivity contribution is 0.240. The van der Waals surface area contributed by atoms with Crippen LogP contribution in [-0.2, 0) is 4.74 Å². The first-order valence-electron chi connectivity index (χ1n) is 5.33. The number of allylic oxidation sites excluding steroid dienone is 2. The molecule has 1 nitrogen and oxygen atoms in total. The molecular formula is C12H22O. The van der Waals surface area contributed by atoms with E-state index in [4.69, 9.17) is 4.74 Å². The van der Waals surface area contributed by atoms with Gasteiger partial charge in [-0.3, -0.25) is 0 Å². The van der Waals surface area contributed by atoms with Crippen molar-refractivity contribution in [1.29, 1.82) is 0 Å². The highest BCUT2D eigenvalue weighted by Gasteiger charge is 2.11. The van der Waals surface area contributed by atoms with Gasteiger partial charge in [-0.05, 0) is 18.9 Å². The van der Waals surface area contributed by atoms with Gasteiger partial charge in [0.2, 0.25) is 0 Å². The van der Waals surface area contributed by atoms with Crippen LogP contribution < -0.4 is 0 Å². The van der Waals surface area contributed by atoms with Crippen molar-refractivity contribution in [3.05, 3.63) is 23.5 Å². The van der Waals surface area contributed by atoms with E-state index in [2.05, 4.69) is 19.1 Å². The molecule has 0 unspecified atom stereocenters. The van der Waals surface area contributed by atoms with Crippen LogP contribution >= 0.6 is 0 Å². The largest absolute Gasteiger partial charge is 0.497 e. The van der Waals surface area contributed by atoms with Crippen LogP contribution in [0.15, 0.2) is 23.5 Å². The SMILES string of the molecule is C/C=C\CC1=C(CC)CCO1.CC. The summed E-state index contributed by atoms with van der Waals surface area (Å²) in [5.74, 6) is 1.21. The van der Waals surface area contributed by atoms with Crippen molar-refractivity contribution in [3.63, 3.8) is 0 Å². The summed E-state index contributed by atoms with van der Waals surface area (Å²) in [7, 11) is 0. The van der Waals surface area contributed by atoms with E-state index in [1.165, 1.54) is 11.3 Å². The third kappa shape index (κ3) is 4.16. The van der Waals surface area contributed by atoms with Crippen LogP contribution in [0.2, 0.25) is 0 Å². The maximum atomic E-state index is 5.49. The van der Waals surface area contributed by atoms with Gasteiger partial charge in [0.25, 0.3) is 0 Å². The summed E-state index contributed by atoms with van der Waals surface area (Å²) in [5.41, 5.74) is 1.50. The van der Waals surface area contributed by atoms with Crippen molar-refractivity contribution in [1.82, 2.24) is 0 Å². The van der Waals surface area contributed by atoms with Crippen LogP contribution in [0, 0.1) is 0 Å². The summed E-state index contributed by atoms with van der Waals surface area (Å²) in [5, 5.41) is 0. The van der Waals surface area contributed by atoms with Gasteiger partial charge in [-0.1, -0.05) is 32.9 Å². The Morgan fingerprint density at radius 2 is 2.08 bits per heavy atom. The van der Waals surface area contributed by atoms with E-state index < -0.39 is 0 Å². The van der Waals surface area contributed by atoms with E-state index in [1.54, 1.807) is 0 Å². The molecule has 0 spiro atoms. The maximum absolute atomic E-state index is 5.49. The molecule has 0 aromatic heterocycles. The molecule has 1 aliphatic heterocycles. The zero-order valence-electron chi connectivity index (χ0n) is 9.39. The lowest BCUT2D eigenvalue weighted by Gasteiger charge is -2.00. The fourth-order valence-electron chi connectivity index (χ4n) is 1.34. The molecule has 0 bridgehead atoms. The molecule has 0 aromatic rings. The maximum Gasteiger partial charge on any atom is 0.0990 e. The van der Waals surface area contributed by atoms with Crippen LogP contribution in [-0.4, -0.2) is 6.61 Å². The fourth-order valence-corrected chi connectivity index (χ4v) is 1.34. The van der Waals surface area contributed by atoms with Crippen LogP contribution in [0.1, 0.15) is 47.0 Å². The van der Waals surface area contributed by atoms with E-state index >= 15 is 0 Å². The van der Waals surface area contributed by atoms with Gasteiger partial charge in [-0.15, -0.1) is 0 Å². The summed E-state index contributed by atoms with van der Waals surface area (Å²) in [6.07, 6.45) is 7.49. The third-order valence-corrected chi connectivity index (χ3v) is 2.04. The van der Waals surface area contributed by atoms with E-state index in [0.29, 0.717) is 0 Å². The second kappa shape index (κ2) is 7.90. The Kier molecular flexibility index (Phi) is 7.47. The molecule has 1 aliphatic rings. The van der Waals surface area contributed by atoms with Gasteiger partial charge in [0.1, 0.15) is 0 Å². The molecule has 0 saturated carbocycles. The first kappa shape index (κ1) is 12.3. The monoisotopic (exact) mass is 182 g/mol. The average molecular weight is 182 g/mol. The quantitative estimate of drug-likeness (QED) is 0.598. The molecule has 0 aromatic carbocycles. The van der Waals surface area contributed by atoms with Gasteiger partial charge < -0.3 is 4.74 Å². The Labute approximate surface area is 82.5 Å². The van der Waals surface area contributed by atoms with Crippen LogP contribution in [0.4, 0.5) is 0 Å². The fraction of sp³-hybridized carbons (Fsp3) is 0.667.